The van der Waals surface area contributed by atoms with E-state index in [2.05, 4.69) is 12.2 Å². The second kappa shape index (κ2) is 1.74. The van der Waals surface area contributed by atoms with Gasteiger partial charge in [0.25, 0.3) is 0 Å². The van der Waals surface area contributed by atoms with Crippen LogP contribution < -0.4 is 5.32 Å². The highest BCUT2D eigenvalue weighted by atomic mass is 16.1. The summed E-state index contributed by atoms with van der Waals surface area (Å²) in [6.45, 7) is 3.14. The largest absolute Gasteiger partial charge is 0.356 e. The molecule has 0 bridgehead atoms. The summed E-state index contributed by atoms with van der Waals surface area (Å²) < 4.78 is 0. The van der Waals surface area contributed by atoms with Gasteiger partial charge in [0.2, 0.25) is 5.91 Å². The third-order valence-corrected chi connectivity index (χ3v) is 2.82. The zero-order valence-corrected chi connectivity index (χ0v) is 6.31. The van der Waals surface area contributed by atoms with Crippen LogP contribution in [0.3, 0.4) is 0 Å². The molecule has 0 unspecified atom stereocenters. The normalized spacial score (nSPS) is 39.9. The summed E-state index contributed by atoms with van der Waals surface area (Å²) in [6.07, 6.45) is 3.44. The molecule has 1 aliphatic carbocycles. The van der Waals surface area contributed by atoms with Crippen LogP contribution in [0, 0.1) is 11.3 Å². The first-order valence-corrected chi connectivity index (χ1v) is 3.97. The SMILES string of the molecule is C[C@@]1(C2CC2)CNC(=O)C1. The van der Waals surface area contributed by atoms with E-state index in [1.807, 2.05) is 0 Å². The Morgan fingerprint density at radius 2 is 2.30 bits per heavy atom. The van der Waals surface area contributed by atoms with Crippen molar-refractivity contribution in [2.45, 2.75) is 26.2 Å². The van der Waals surface area contributed by atoms with Crippen LogP contribution in [0.2, 0.25) is 0 Å². The van der Waals surface area contributed by atoms with Crippen molar-refractivity contribution in [2.75, 3.05) is 6.54 Å². The number of hydrogen-bond donors (Lipinski definition) is 1. The summed E-state index contributed by atoms with van der Waals surface area (Å²) in [5.41, 5.74) is 0.317. The molecule has 1 atom stereocenters. The summed E-state index contributed by atoms with van der Waals surface area (Å²) >= 11 is 0. The summed E-state index contributed by atoms with van der Waals surface area (Å²) in [4.78, 5) is 10.9. The minimum absolute atomic E-state index is 0.245. The number of hydrogen-bond acceptors (Lipinski definition) is 1. The molecular formula is C8H13NO. The van der Waals surface area contributed by atoms with Crippen LogP contribution in [0.5, 0.6) is 0 Å². The number of carbonyl (C=O) groups excluding carboxylic acids is 1. The van der Waals surface area contributed by atoms with Crippen LogP contribution in [-0.2, 0) is 4.79 Å². The maximum atomic E-state index is 10.9. The fourth-order valence-corrected chi connectivity index (χ4v) is 1.86. The molecule has 0 aromatic rings. The molecule has 2 aliphatic rings. The molecule has 1 aliphatic heterocycles. The summed E-state index contributed by atoms with van der Waals surface area (Å²) in [5, 5.41) is 2.89. The lowest BCUT2D eigenvalue weighted by Crippen LogP contribution is -2.22. The maximum Gasteiger partial charge on any atom is 0.220 e. The minimum atomic E-state index is 0.245. The number of amides is 1. The van der Waals surface area contributed by atoms with Crippen molar-refractivity contribution in [1.82, 2.24) is 5.32 Å². The van der Waals surface area contributed by atoms with E-state index in [0.29, 0.717) is 5.41 Å². The van der Waals surface area contributed by atoms with Crippen LogP contribution >= 0.6 is 0 Å². The van der Waals surface area contributed by atoms with Gasteiger partial charge in [0, 0.05) is 13.0 Å². The van der Waals surface area contributed by atoms with Crippen molar-refractivity contribution < 1.29 is 4.79 Å². The molecule has 0 radical (unpaired) electrons. The van der Waals surface area contributed by atoms with Gasteiger partial charge in [-0.25, -0.2) is 0 Å². The van der Waals surface area contributed by atoms with E-state index in [-0.39, 0.29) is 5.91 Å². The number of carbonyl (C=O) groups is 1. The van der Waals surface area contributed by atoms with Gasteiger partial charge in [-0.1, -0.05) is 6.92 Å². The molecule has 10 heavy (non-hydrogen) atoms. The topological polar surface area (TPSA) is 29.1 Å². The predicted molar refractivity (Wildman–Crippen MR) is 38.5 cm³/mol. The summed E-state index contributed by atoms with van der Waals surface area (Å²) in [5.74, 6) is 1.08. The Labute approximate surface area is 61.0 Å². The third kappa shape index (κ3) is 0.825. The fraction of sp³-hybridized carbons (Fsp3) is 0.875. The molecule has 2 heteroatoms. The van der Waals surface area contributed by atoms with Crippen LogP contribution in [0.1, 0.15) is 26.2 Å². The summed E-state index contributed by atoms with van der Waals surface area (Å²) in [7, 11) is 0. The van der Waals surface area contributed by atoms with E-state index in [1.54, 1.807) is 0 Å². The molecule has 2 fully saturated rings. The fourth-order valence-electron chi connectivity index (χ4n) is 1.86. The lowest BCUT2D eigenvalue weighted by Gasteiger charge is -2.19. The molecule has 0 aromatic heterocycles. The molecule has 0 aromatic carbocycles. The van der Waals surface area contributed by atoms with Crippen molar-refractivity contribution in [2.24, 2.45) is 11.3 Å². The lowest BCUT2D eigenvalue weighted by atomic mass is 9.84. The number of rotatable bonds is 1. The highest BCUT2D eigenvalue weighted by Crippen LogP contribution is 2.48. The van der Waals surface area contributed by atoms with Crippen molar-refractivity contribution in [3.8, 4) is 0 Å². The maximum absolute atomic E-state index is 10.9. The Bertz CT molecular complexity index is 174. The average Bonchev–Trinajstić information content (AvgIpc) is 2.62. The first kappa shape index (κ1) is 6.20. The highest BCUT2D eigenvalue weighted by Gasteiger charge is 2.45. The Hall–Kier alpha value is -0.530. The first-order valence-electron chi connectivity index (χ1n) is 3.97. The van der Waals surface area contributed by atoms with E-state index in [4.69, 9.17) is 0 Å². The monoisotopic (exact) mass is 139 g/mol. The average molecular weight is 139 g/mol. The first-order chi connectivity index (χ1) is 4.71. The zero-order chi connectivity index (χ0) is 7.19. The number of nitrogens with one attached hydrogen (secondary N) is 1. The zero-order valence-electron chi connectivity index (χ0n) is 6.31. The van der Waals surface area contributed by atoms with Gasteiger partial charge < -0.3 is 5.32 Å². The Kier molecular flexibility index (Phi) is 1.08. The van der Waals surface area contributed by atoms with Gasteiger partial charge in [-0.3, -0.25) is 4.79 Å². The molecule has 1 amide bonds. The molecule has 56 valence electrons. The minimum Gasteiger partial charge on any atom is -0.356 e. The Morgan fingerprint density at radius 1 is 1.60 bits per heavy atom. The van der Waals surface area contributed by atoms with Gasteiger partial charge in [0.1, 0.15) is 0 Å². The summed E-state index contributed by atoms with van der Waals surface area (Å²) in [6, 6.07) is 0. The molecule has 1 N–H and O–H groups in total. The molecule has 2 nitrogen and oxygen atoms in total. The van der Waals surface area contributed by atoms with E-state index < -0.39 is 0 Å². The van der Waals surface area contributed by atoms with Crippen LogP contribution in [0.25, 0.3) is 0 Å². The van der Waals surface area contributed by atoms with Crippen molar-refractivity contribution in [1.29, 1.82) is 0 Å². The van der Waals surface area contributed by atoms with Gasteiger partial charge in [-0.05, 0) is 24.2 Å². The Morgan fingerprint density at radius 3 is 2.70 bits per heavy atom. The molecule has 0 spiro atoms. The Balaban J connectivity index is 2.08. The molecular weight excluding hydrogens is 126 g/mol. The molecule has 2 rings (SSSR count). The molecule has 1 heterocycles. The quantitative estimate of drug-likeness (QED) is 0.575. The van der Waals surface area contributed by atoms with Gasteiger partial charge in [0.15, 0.2) is 0 Å². The molecule has 1 saturated carbocycles. The predicted octanol–water partition coefficient (Wildman–Crippen LogP) is 0.923. The van der Waals surface area contributed by atoms with E-state index in [0.717, 1.165) is 18.9 Å². The smallest absolute Gasteiger partial charge is 0.220 e. The second-order valence-corrected chi connectivity index (χ2v) is 3.88. The lowest BCUT2D eigenvalue weighted by molar-refractivity contribution is -0.119. The van der Waals surface area contributed by atoms with Gasteiger partial charge >= 0.3 is 0 Å². The van der Waals surface area contributed by atoms with Gasteiger partial charge in [0.05, 0.1) is 0 Å². The van der Waals surface area contributed by atoms with Crippen LogP contribution in [0.15, 0.2) is 0 Å². The van der Waals surface area contributed by atoms with Crippen LogP contribution in [-0.4, -0.2) is 12.5 Å². The van der Waals surface area contributed by atoms with Crippen LogP contribution in [0.4, 0.5) is 0 Å². The third-order valence-electron chi connectivity index (χ3n) is 2.82. The standard InChI is InChI=1S/C8H13NO/c1-8(6-2-3-6)4-7(10)9-5-8/h6H,2-5H2,1H3,(H,9,10)/t8-/m0/s1. The highest BCUT2D eigenvalue weighted by molar-refractivity contribution is 5.79. The molecule has 1 saturated heterocycles. The van der Waals surface area contributed by atoms with E-state index in [9.17, 15) is 4.79 Å². The van der Waals surface area contributed by atoms with E-state index >= 15 is 0 Å². The van der Waals surface area contributed by atoms with Crippen molar-refractivity contribution in [3.05, 3.63) is 0 Å². The van der Waals surface area contributed by atoms with Crippen molar-refractivity contribution >= 4 is 5.91 Å². The second-order valence-electron chi connectivity index (χ2n) is 3.88. The van der Waals surface area contributed by atoms with Gasteiger partial charge in [-0.2, -0.15) is 0 Å². The van der Waals surface area contributed by atoms with E-state index in [1.165, 1.54) is 12.8 Å². The van der Waals surface area contributed by atoms with Gasteiger partial charge in [-0.15, -0.1) is 0 Å². The van der Waals surface area contributed by atoms with Crippen molar-refractivity contribution in [3.63, 3.8) is 0 Å².